The van der Waals surface area contributed by atoms with Gasteiger partial charge in [-0.15, -0.1) is 0 Å². The summed E-state index contributed by atoms with van der Waals surface area (Å²) in [6.45, 7) is 3.76. The third-order valence-electron chi connectivity index (χ3n) is 3.37. The summed E-state index contributed by atoms with van der Waals surface area (Å²) in [7, 11) is 1.56. The minimum atomic E-state index is -1.24. The summed E-state index contributed by atoms with van der Waals surface area (Å²) in [5.41, 5.74) is -0.523. The van der Waals surface area contributed by atoms with E-state index in [2.05, 4.69) is 0 Å². The Kier molecular flexibility index (Phi) is 5.04. The third kappa shape index (κ3) is 3.22. The fourth-order valence-electron chi connectivity index (χ4n) is 2.17. The molecule has 0 aliphatic carbocycles. The molecule has 1 atom stereocenters. The van der Waals surface area contributed by atoms with E-state index in [-0.39, 0.29) is 6.61 Å². The number of carbonyl (C=O) groups is 1. The van der Waals surface area contributed by atoms with Crippen LogP contribution in [0.15, 0.2) is 54.6 Å². The summed E-state index contributed by atoms with van der Waals surface area (Å²) in [5.74, 6) is 0.616. The lowest BCUT2D eigenvalue weighted by Crippen LogP contribution is -2.40. The molecule has 0 saturated heterocycles. The predicted molar refractivity (Wildman–Crippen MR) is 84.0 cm³/mol. The van der Waals surface area contributed by atoms with Crippen molar-refractivity contribution < 1.29 is 19.0 Å². The van der Waals surface area contributed by atoms with Gasteiger partial charge in [-0.1, -0.05) is 42.5 Å². The van der Waals surface area contributed by atoms with Gasteiger partial charge in [0.15, 0.2) is 11.5 Å². The molecule has 0 aliphatic rings. The van der Waals surface area contributed by atoms with Crippen LogP contribution in [0.3, 0.4) is 0 Å². The Morgan fingerprint density at radius 2 is 1.59 bits per heavy atom. The van der Waals surface area contributed by atoms with Crippen LogP contribution in [0.5, 0.6) is 11.5 Å². The molecule has 0 aliphatic heterocycles. The van der Waals surface area contributed by atoms with Crippen LogP contribution in [0.4, 0.5) is 0 Å². The van der Waals surface area contributed by atoms with Crippen LogP contribution in [0.1, 0.15) is 19.4 Å². The molecule has 0 bridgehead atoms. The summed E-state index contributed by atoms with van der Waals surface area (Å²) in [6.07, 6.45) is 0. The quantitative estimate of drug-likeness (QED) is 0.765. The van der Waals surface area contributed by atoms with Crippen LogP contribution in [0, 0.1) is 0 Å². The van der Waals surface area contributed by atoms with Gasteiger partial charge in [0.05, 0.1) is 13.7 Å². The van der Waals surface area contributed by atoms with Gasteiger partial charge in [0.25, 0.3) is 0 Å². The molecule has 2 rings (SSSR count). The van der Waals surface area contributed by atoms with Crippen molar-refractivity contribution in [3.63, 3.8) is 0 Å². The first-order valence-corrected chi connectivity index (χ1v) is 7.16. The van der Waals surface area contributed by atoms with Crippen molar-refractivity contribution in [2.75, 3.05) is 13.7 Å². The summed E-state index contributed by atoms with van der Waals surface area (Å²) in [4.78, 5) is 12.5. The first-order chi connectivity index (χ1) is 10.6. The van der Waals surface area contributed by atoms with Gasteiger partial charge in [0, 0.05) is 5.56 Å². The molecule has 22 heavy (non-hydrogen) atoms. The van der Waals surface area contributed by atoms with Crippen LogP contribution in [-0.2, 0) is 15.1 Å². The lowest BCUT2D eigenvalue weighted by atomic mass is 9.95. The molecule has 2 aromatic rings. The van der Waals surface area contributed by atoms with Crippen molar-refractivity contribution >= 4 is 5.97 Å². The largest absolute Gasteiger partial charge is 0.493 e. The number of hydrogen-bond donors (Lipinski definition) is 0. The first-order valence-electron chi connectivity index (χ1n) is 7.16. The topological polar surface area (TPSA) is 44.8 Å². The van der Waals surface area contributed by atoms with Gasteiger partial charge in [-0.25, -0.2) is 4.79 Å². The normalized spacial score (nSPS) is 13.0. The van der Waals surface area contributed by atoms with E-state index in [0.717, 1.165) is 5.56 Å². The van der Waals surface area contributed by atoms with E-state index in [1.807, 2.05) is 42.5 Å². The zero-order chi connectivity index (χ0) is 16.0. The van der Waals surface area contributed by atoms with Gasteiger partial charge in [-0.3, -0.25) is 0 Å². The number of benzene rings is 2. The predicted octanol–water partition coefficient (Wildman–Crippen LogP) is 3.55. The summed E-state index contributed by atoms with van der Waals surface area (Å²) >= 11 is 0. The lowest BCUT2D eigenvalue weighted by Gasteiger charge is -2.29. The molecule has 4 nitrogen and oxygen atoms in total. The Morgan fingerprint density at radius 3 is 2.18 bits per heavy atom. The van der Waals surface area contributed by atoms with E-state index < -0.39 is 11.6 Å². The molecular formula is C18H20O4. The second-order valence-electron chi connectivity index (χ2n) is 4.87. The zero-order valence-corrected chi connectivity index (χ0v) is 13.0. The maximum absolute atomic E-state index is 12.5. The summed E-state index contributed by atoms with van der Waals surface area (Å²) in [6, 6.07) is 16.5. The molecular weight excluding hydrogens is 280 g/mol. The second-order valence-corrected chi connectivity index (χ2v) is 4.87. The highest BCUT2D eigenvalue weighted by atomic mass is 16.6. The molecule has 0 spiro atoms. The Balaban J connectivity index is 2.43. The first kappa shape index (κ1) is 15.9. The minimum Gasteiger partial charge on any atom is -0.493 e. The molecule has 116 valence electrons. The number of para-hydroxylation sites is 2. The van der Waals surface area contributed by atoms with Crippen LogP contribution >= 0.6 is 0 Å². The smallest absolute Gasteiger partial charge is 0.354 e. The lowest BCUT2D eigenvalue weighted by molar-refractivity contribution is -0.161. The van der Waals surface area contributed by atoms with E-state index in [4.69, 9.17) is 14.2 Å². The number of hydrogen-bond acceptors (Lipinski definition) is 4. The van der Waals surface area contributed by atoms with E-state index in [1.54, 1.807) is 33.1 Å². The minimum absolute atomic E-state index is 0.288. The Bertz CT molecular complexity index is 624. The summed E-state index contributed by atoms with van der Waals surface area (Å²) in [5, 5.41) is 0. The maximum atomic E-state index is 12.5. The Morgan fingerprint density at radius 1 is 1.00 bits per heavy atom. The van der Waals surface area contributed by atoms with Gasteiger partial charge in [-0.2, -0.15) is 0 Å². The zero-order valence-electron chi connectivity index (χ0n) is 13.0. The van der Waals surface area contributed by atoms with Crippen LogP contribution in [0.2, 0.25) is 0 Å². The molecule has 2 aromatic carbocycles. The molecule has 0 heterocycles. The van der Waals surface area contributed by atoms with Crippen LogP contribution < -0.4 is 9.47 Å². The molecule has 0 amide bonds. The highest BCUT2D eigenvalue weighted by molar-refractivity contribution is 5.81. The average molecular weight is 300 g/mol. The van der Waals surface area contributed by atoms with Gasteiger partial charge >= 0.3 is 5.97 Å². The maximum Gasteiger partial charge on any atom is 0.354 e. The van der Waals surface area contributed by atoms with Crippen LogP contribution in [-0.4, -0.2) is 19.7 Å². The highest BCUT2D eigenvalue weighted by Gasteiger charge is 2.40. The van der Waals surface area contributed by atoms with E-state index in [0.29, 0.717) is 11.5 Å². The van der Waals surface area contributed by atoms with E-state index in [9.17, 15) is 4.79 Å². The van der Waals surface area contributed by atoms with E-state index in [1.165, 1.54) is 0 Å². The molecule has 0 radical (unpaired) electrons. The van der Waals surface area contributed by atoms with Crippen molar-refractivity contribution in [3.05, 3.63) is 60.2 Å². The van der Waals surface area contributed by atoms with Gasteiger partial charge in [0.2, 0.25) is 5.60 Å². The van der Waals surface area contributed by atoms with Gasteiger partial charge in [0.1, 0.15) is 0 Å². The number of methoxy groups -OCH3 is 1. The number of ether oxygens (including phenoxy) is 3. The SMILES string of the molecule is CCOC(=O)[C@](C)(Oc1ccccc1OC)c1ccccc1. The standard InChI is InChI=1S/C18H20O4/c1-4-21-17(19)18(2,14-10-6-5-7-11-14)22-16-13-9-8-12-15(16)20-3/h5-13H,4H2,1-3H3/t18-/m1/s1. The summed E-state index contributed by atoms with van der Waals surface area (Å²) < 4.78 is 16.5. The Hall–Kier alpha value is -2.49. The van der Waals surface area contributed by atoms with Gasteiger partial charge in [-0.05, 0) is 26.0 Å². The van der Waals surface area contributed by atoms with Crippen molar-refractivity contribution in [2.45, 2.75) is 19.4 Å². The third-order valence-corrected chi connectivity index (χ3v) is 3.37. The molecule has 4 heteroatoms. The Labute approximate surface area is 130 Å². The molecule has 0 aromatic heterocycles. The average Bonchev–Trinajstić information content (AvgIpc) is 2.56. The van der Waals surface area contributed by atoms with Crippen LogP contribution in [0.25, 0.3) is 0 Å². The molecule has 0 unspecified atom stereocenters. The number of carbonyl (C=O) groups excluding carboxylic acids is 1. The highest BCUT2D eigenvalue weighted by Crippen LogP contribution is 2.34. The second kappa shape index (κ2) is 6.98. The molecule has 0 N–H and O–H groups in total. The van der Waals surface area contributed by atoms with Gasteiger partial charge < -0.3 is 14.2 Å². The molecule has 0 saturated carbocycles. The van der Waals surface area contributed by atoms with Crippen molar-refractivity contribution in [1.29, 1.82) is 0 Å². The number of esters is 1. The fraction of sp³-hybridized carbons (Fsp3) is 0.278. The van der Waals surface area contributed by atoms with Crippen molar-refractivity contribution in [1.82, 2.24) is 0 Å². The van der Waals surface area contributed by atoms with E-state index >= 15 is 0 Å². The van der Waals surface area contributed by atoms with Crippen molar-refractivity contribution in [2.24, 2.45) is 0 Å². The molecule has 0 fully saturated rings. The number of rotatable bonds is 6. The monoisotopic (exact) mass is 300 g/mol. The van der Waals surface area contributed by atoms with Crippen molar-refractivity contribution in [3.8, 4) is 11.5 Å². The fourth-order valence-corrected chi connectivity index (χ4v) is 2.17.